The smallest absolute Gasteiger partial charge is 0.244 e. The highest BCUT2D eigenvalue weighted by Crippen LogP contribution is 2.20. The first-order valence-electron chi connectivity index (χ1n) is 6.59. The van der Waals surface area contributed by atoms with Gasteiger partial charge >= 0.3 is 0 Å². The number of amides is 1. The SMILES string of the molecule is O=C(/C=C/c1ccccc1Cl)NC1(CO)CCOCC1. The molecule has 1 fully saturated rings. The average Bonchev–Trinajstić information content (AvgIpc) is 2.47. The Bertz CT molecular complexity index is 496. The first-order chi connectivity index (χ1) is 9.65. The molecule has 1 aliphatic heterocycles. The molecular formula is C15H18ClNO3. The van der Waals surface area contributed by atoms with Gasteiger partial charge in [0.05, 0.1) is 12.1 Å². The van der Waals surface area contributed by atoms with E-state index in [1.807, 2.05) is 18.2 Å². The summed E-state index contributed by atoms with van der Waals surface area (Å²) >= 11 is 6.01. The monoisotopic (exact) mass is 295 g/mol. The molecule has 20 heavy (non-hydrogen) atoms. The summed E-state index contributed by atoms with van der Waals surface area (Å²) < 4.78 is 5.26. The van der Waals surface area contributed by atoms with E-state index in [1.165, 1.54) is 6.08 Å². The van der Waals surface area contributed by atoms with Gasteiger partial charge in [-0.3, -0.25) is 4.79 Å². The summed E-state index contributed by atoms with van der Waals surface area (Å²) in [5.41, 5.74) is 0.217. The van der Waals surface area contributed by atoms with Crippen molar-refractivity contribution >= 4 is 23.6 Å². The number of nitrogens with one attached hydrogen (secondary N) is 1. The van der Waals surface area contributed by atoms with Gasteiger partial charge in [-0.15, -0.1) is 0 Å². The minimum absolute atomic E-state index is 0.0813. The highest BCUT2D eigenvalue weighted by molar-refractivity contribution is 6.32. The number of carbonyl (C=O) groups is 1. The molecule has 1 aromatic carbocycles. The van der Waals surface area contributed by atoms with Crippen molar-refractivity contribution in [2.45, 2.75) is 18.4 Å². The van der Waals surface area contributed by atoms with Gasteiger partial charge in [-0.05, 0) is 30.5 Å². The first-order valence-corrected chi connectivity index (χ1v) is 6.96. The van der Waals surface area contributed by atoms with Crippen LogP contribution in [0.3, 0.4) is 0 Å². The molecule has 1 aromatic rings. The van der Waals surface area contributed by atoms with Crippen molar-refractivity contribution in [1.29, 1.82) is 0 Å². The Hall–Kier alpha value is -1.36. The van der Waals surface area contributed by atoms with E-state index in [9.17, 15) is 9.90 Å². The Morgan fingerprint density at radius 3 is 2.75 bits per heavy atom. The third-order valence-electron chi connectivity index (χ3n) is 3.46. The number of aliphatic hydroxyl groups excluding tert-OH is 1. The van der Waals surface area contributed by atoms with E-state index >= 15 is 0 Å². The second-order valence-electron chi connectivity index (χ2n) is 4.89. The second-order valence-corrected chi connectivity index (χ2v) is 5.30. The van der Waals surface area contributed by atoms with Crippen molar-refractivity contribution in [2.75, 3.05) is 19.8 Å². The third-order valence-corrected chi connectivity index (χ3v) is 3.80. The number of rotatable bonds is 4. The molecule has 2 N–H and O–H groups in total. The molecule has 0 atom stereocenters. The van der Waals surface area contributed by atoms with E-state index < -0.39 is 5.54 Å². The van der Waals surface area contributed by atoms with Crippen molar-refractivity contribution in [1.82, 2.24) is 5.32 Å². The van der Waals surface area contributed by atoms with Crippen LogP contribution in [0, 0.1) is 0 Å². The fraction of sp³-hybridized carbons (Fsp3) is 0.400. The van der Waals surface area contributed by atoms with Gasteiger partial charge in [0, 0.05) is 24.3 Å². The summed E-state index contributed by atoms with van der Waals surface area (Å²) in [5, 5.41) is 13.0. The number of benzene rings is 1. The molecule has 1 amide bonds. The summed E-state index contributed by atoms with van der Waals surface area (Å²) in [6.07, 6.45) is 4.35. The summed E-state index contributed by atoms with van der Waals surface area (Å²) in [5.74, 6) is -0.235. The van der Waals surface area contributed by atoms with Crippen LogP contribution in [-0.2, 0) is 9.53 Å². The van der Waals surface area contributed by atoms with Crippen LogP contribution in [0.4, 0.5) is 0 Å². The van der Waals surface area contributed by atoms with Crippen LogP contribution in [0.1, 0.15) is 18.4 Å². The maximum atomic E-state index is 12.0. The van der Waals surface area contributed by atoms with E-state index in [0.717, 1.165) is 5.56 Å². The molecule has 4 nitrogen and oxygen atoms in total. The molecule has 0 saturated carbocycles. The highest BCUT2D eigenvalue weighted by Gasteiger charge is 2.32. The largest absolute Gasteiger partial charge is 0.394 e. The number of hydrogen-bond acceptors (Lipinski definition) is 3. The zero-order chi connectivity index (χ0) is 14.4. The van der Waals surface area contributed by atoms with E-state index in [-0.39, 0.29) is 12.5 Å². The van der Waals surface area contributed by atoms with Crippen LogP contribution >= 0.6 is 11.6 Å². The molecule has 0 unspecified atom stereocenters. The predicted octanol–water partition coefficient (Wildman–Crippen LogP) is 2.01. The molecule has 1 aliphatic rings. The van der Waals surface area contributed by atoms with Crippen LogP contribution in [-0.4, -0.2) is 36.4 Å². The lowest BCUT2D eigenvalue weighted by molar-refractivity contribution is -0.120. The van der Waals surface area contributed by atoms with Gasteiger partial charge in [-0.25, -0.2) is 0 Å². The molecule has 2 rings (SSSR count). The van der Waals surface area contributed by atoms with Gasteiger partial charge in [0.1, 0.15) is 0 Å². The highest BCUT2D eigenvalue weighted by atomic mass is 35.5. The molecule has 0 spiro atoms. The molecule has 1 saturated heterocycles. The van der Waals surface area contributed by atoms with Gasteiger partial charge in [0.25, 0.3) is 0 Å². The number of hydrogen-bond donors (Lipinski definition) is 2. The Balaban J connectivity index is 1.99. The van der Waals surface area contributed by atoms with Gasteiger partial charge in [-0.2, -0.15) is 0 Å². The van der Waals surface area contributed by atoms with Gasteiger partial charge in [0.15, 0.2) is 0 Å². The maximum Gasteiger partial charge on any atom is 0.244 e. The van der Waals surface area contributed by atoms with Crippen molar-refractivity contribution in [3.63, 3.8) is 0 Å². The zero-order valence-electron chi connectivity index (χ0n) is 11.1. The Kier molecular flexibility index (Phi) is 5.17. The third kappa shape index (κ3) is 3.82. The van der Waals surface area contributed by atoms with Crippen molar-refractivity contribution < 1.29 is 14.6 Å². The van der Waals surface area contributed by atoms with Crippen molar-refractivity contribution in [3.8, 4) is 0 Å². The van der Waals surface area contributed by atoms with Crippen LogP contribution in [0.2, 0.25) is 5.02 Å². The topological polar surface area (TPSA) is 58.6 Å². The molecule has 5 heteroatoms. The lowest BCUT2D eigenvalue weighted by Gasteiger charge is -2.35. The fourth-order valence-corrected chi connectivity index (χ4v) is 2.36. The minimum Gasteiger partial charge on any atom is -0.394 e. The fourth-order valence-electron chi connectivity index (χ4n) is 2.16. The number of carbonyl (C=O) groups excluding carboxylic acids is 1. The predicted molar refractivity (Wildman–Crippen MR) is 78.5 cm³/mol. The van der Waals surface area contributed by atoms with Crippen LogP contribution in [0.25, 0.3) is 6.08 Å². The summed E-state index contributed by atoms with van der Waals surface area (Å²) in [7, 11) is 0. The van der Waals surface area contributed by atoms with Crippen LogP contribution in [0.5, 0.6) is 0 Å². The van der Waals surface area contributed by atoms with Gasteiger partial charge in [0.2, 0.25) is 5.91 Å². The van der Waals surface area contributed by atoms with E-state index in [1.54, 1.807) is 12.1 Å². The van der Waals surface area contributed by atoms with E-state index in [0.29, 0.717) is 31.1 Å². The van der Waals surface area contributed by atoms with Crippen LogP contribution < -0.4 is 5.32 Å². The average molecular weight is 296 g/mol. The second kappa shape index (κ2) is 6.88. The van der Waals surface area contributed by atoms with Gasteiger partial charge < -0.3 is 15.2 Å². The van der Waals surface area contributed by atoms with E-state index in [4.69, 9.17) is 16.3 Å². The number of aliphatic hydroxyl groups is 1. The molecular weight excluding hydrogens is 278 g/mol. The van der Waals surface area contributed by atoms with Crippen LogP contribution in [0.15, 0.2) is 30.3 Å². The molecule has 1 heterocycles. The minimum atomic E-state index is -0.569. The molecule has 0 aliphatic carbocycles. The first kappa shape index (κ1) is 15.0. The quantitative estimate of drug-likeness (QED) is 0.836. The number of ether oxygens (including phenoxy) is 1. The molecule has 0 aromatic heterocycles. The summed E-state index contributed by atoms with van der Waals surface area (Å²) in [6.45, 7) is 1.02. The Morgan fingerprint density at radius 1 is 1.40 bits per heavy atom. The molecule has 0 radical (unpaired) electrons. The Labute approximate surface area is 123 Å². The molecule has 0 bridgehead atoms. The van der Waals surface area contributed by atoms with Gasteiger partial charge in [-0.1, -0.05) is 29.8 Å². The van der Waals surface area contributed by atoms with Crippen molar-refractivity contribution in [2.24, 2.45) is 0 Å². The summed E-state index contributed by atoms with van der Waals surface area (Å²) in [6, 6.07) is 7.30. The zero-order valence-corrected chi connectivity index (χ0v) is 11.9. The molecule has 108 valence electrons. The summed E-state index contributed by atoms with van der Waals surface area (Å²) in [4.78, 5) is 12.0. The number of halogens is 1. The Morgan fingerprint density at radius 2 is 2.10 bits per heavy atom. The van der Waals surface area contributed by atoms with Crippen molar-refractivity contribution in [3.05, 3.63) is 40.9 Å². The lowest BCUT2D eigenvalue weighted by Crippen LogP contribution is -2.54. The normalized spacial score (nSPS) is 18.1. The maximum absolute atomic E-state index is 12.0. The standard InChI is InChI=1S/C15H18ClNO3/c16-13-4-2-1-3-12(13)5-6-14(19)17-15(11-18)7-9-20-10-8-15/h1-6,18H,7-11H2,(H,17,19)/b6-5+. The van der Waals surface area contributed by atoms with E-state index in [2.05, 4.69) is 5.32 Å². The lowest BCUT2D eigenvalue weighted by atomic mass is 9.91.